The Morgan fingerprint density at radius 3 is 2.06 bits per heavy atom. The predicted octanol–water partition coefficient (Wildman–Crippen LogP) is 16.9. The van der Waals surface area contributed by atoms with Crippen LogP contribution in [0.3, 0.4) is 0 Å². The number of allylic oxidation sites excluding steroid dienone is 8. The molecule has 1 aliphatic carbocycles. The number of ketones is 1. The lowest BCUT2D eigenvalue weighted by Gasteiger charge is -2.42. The van der Waals surface area contributed by atoms with Crippen molar-refractivity contribution in [3.8, 4) is 0 Å². The highest BCUT2D eigenvalue weighted by molar-refractivity contribution is 6.09. The zero-order valence-corrected chi connectivity index (χ0v) is 45.0. The molecule has 7 heteroatoms. The molecule has 0 radical (unpaired) electrons. The molecule has 1 amide bonds. The summed E-state index contributed by atoms with van der Waals surface area (Å²) in [6, 6.07) is 6.76. The van der Waals surface area contributed by atoms with E-state index in [-0.39, 0.29) is 23.8 Å². The largest absolute Gasteiger partial charge is 0.370 e. The van der Waals surface area contributed by atoms with Gasteiger partial charge in [-0.1, -0.05) is 160 Å². The first-order chi connectivity index (χ1) is 31.2. The summed E-state index contributed by atoms with van der Waals surface area (Å²) in [7, 11) is 0. The average Bonchev–Trinajstić information content (AvgIpc) is 3.47. The molecule has 0 spiro atoms. The molecule has 1 aromatic rings. The van der Waals surface area contributed by atoms with Crippen LogP contribution in [0.2, 0.25) is 0 Å². The van der Waals surface area contributed by atoms with E-state index < -0.39 is 11.2 Å². The number of hydrogen-bond acceptors (Lipinski definition) is 5. The molecule has 2 aliphatic heterocycles. The second-order valence-corrected chi connectivity index (χ2v) is 20.2. The van der Waals surface area contributed by atoms with Crippen LogP contribution in [0.1, 0.15) is 212 Å². The third-order valence-corrected chi connectivity index (χ3v) is 13.2. The highest BCUT2D eigenvalue weighted by Gasteiger charge is 2.53. The zero-order valence-electron chi connectivity index (χ0n) is 45.0. The summed E-state index contributed by atoms with van der Waals surface area (Å²) in [5.74, 6) is 1.89. The van der Waals surface area contributed by atoms with Crippen molar-refractivity contribution in [3.63, 3.8) is 0 Å². The molecule has 6 nitrogen and oxygen atoms in total. The summed E-state index contributed by atoms with van der Waals surface area (Å²) in [6.07, 6.45) is 23.4. The van der Waals surface area contributed by atoms with Crippen LogP contribution >= 0.6 is 0 Å². The van der Waals surface area contributed by atoms with Crippen molar-refractivity contribution in [2.75, 3.05) is 11.5 Å². The minimum Gasteiger partial charge on any atom is -0.370 e. The minimum atomic E-state index is -0.443. The number of halogens is 1. The molecule has 1 saturated carbocycles. The SMILES string of the molecule is C=C/C(F)=C(\C=C/C)N/C(C)=C(C)/C(=C\C(=C)c1ccc2c(c1)N(C1CC(CCC)C1)C(=O)C2(CCC)CCC)N=CCC.CC(C)C.CCC(C)C(=O)C1CCO1.CCCC(C)(C)CC. The van der Waals surface area contributed by atoms with E-state index in [1.165, 1.54) is 43.7 Å². The van der Waals surface area contributed by atoms with Crippen LogP contribution in [-0.4, -0.2) is 36.7 Å². The smallest absolute Gasteiger partial charge is 0.237 e. The lowest BCUT2D eigenvalue weighted by atomic mass is 9.73. The Labute approximate surface area is 404 Å². The van der Waals surface area contributed by atoms with Crippen molar-refractivity contribution in [2.45, 2.75) is 218 Å². The number of aliphatic imine (C=N–C) groups is 1. The number of anilines is 1. The first-order valence-corrected chi connectivity index (χ1v) is 25.9. The van der Waals surface area contributed by atoms with Crippen molar-refractivity contribution in [1.82, 2.24) is 5.32 Å². The first-order valence-electron chi connectivity index (χ1n) is 25.9. The van der Waals surface area contributed by atoms with Gasteiger partial charge >= 0.3 is 0 Å². The van der Waals surface area contributed by atoms with E-state index in [0.717, 1.165) is 104 Å². The molecular weight excluding hydrogens is 818 g/mol. The van der Waals surface area contributed by atoms with Crippen LogP contribution < -0.4 is 10.2 Å². The van der Waals surface area contributed by atoms with Gasteiger partial charge in [0.25, 0.3) is 0 Å². The minimum absolute atomic E-state index is 0.0602. The highest BCUT2D eigenvalue weighted by Crippen LogP contribution is 2.52. The average molecular weight is 914 g/mol. The van der Waals surface area contributed by atoms with E-state index in [4.69, 9.17) is 9.73 Å². The molecule has 2 heterocycles. The molecule has 2 unspecified atom stereocenters. The van der Waals surface area contributed by atoms with E-state index >= 15 is 0 Å². The summed E-state index contributed by atoms with van der Waals surface area (Å²) in [5.41, 5.74) is 6.95. The third-order valence-electron chi connectivity index (χ3n) is 13.2. The van der Waals surface area contributed by atoms with Gasteiger partial charge in [0.15, 0.2) is 5.78 Å². The Morgan fingerprint density at radius 2 is 1.62 bits per heavy atom. The molecule has 1 saturated heterocycles. The molecule has 1 N–H and O–H groups in total. The Balaban J connectivity index is 0.000000805. The molecule has 0 aromatic heterocycles. The molecule has 3 aliphatic rings. The zero-order chi connectivity index (χ0) is 50.2. The van der Waals surface area contributed by atoms with Crippen molar-refractivity contribution in [1.29, 1.82) is 0 Å². The van der Waals surface area contributed by atoms with E-state index in [2.05, 4.69) is 111 Å². The number of Topliss-reactive ketones (excluding diaryl/α,β-unsaturated/α-hetero) is 1. The maximum atomic E-state index is 14.4. The number of carbonyl (C=O) groups is 2. The number of nitrogens with zero attached hydrogens (tertiary/aromatic N) is 2. The molecule has 2 atom stereocenters. The standard InChI is InChI=1S/C39H54FN3O.C8H14O2.C8H18.C4H10/c1-10-16-30-24-32(25-30)43-37-26-31(18-19-33(37)39(20-12-3,21-13-4)38(43)44)27(7)23-36(41-22-14-5)28(8)29(9)42-35(17-11-2)34(40)15-6;1-3-6(2)8(9)7-4-5-10-7;1-5-7-8(3,4)6-2;1-4(2)3/h11,15,17-19,22-23,26,30,32,42H,6-7,10,12-14,16,20-21,24-25H2,1-5,8-9H3;6-7H,3-5H2,1-2H3;5-7H2,1-4H3;4H,1-3H3/b17-11-,29-28+,35-34-,36-23+,41-22?;;;. The first kappa shape index (κ1) is 60.2. The quantitative estimate of drug-likeness (QED) is 0.0929. The number of carbonyl (C=O) groups excluding carboxylic acids is 2. The summed E-state index contributed by atoms with van der Waals surface area (Å²) in [4.78, 5) is 32.5. The van der Waals surface area contributed by atoms with Gasteiger partial charge < -0.3 is 15.0 Å². The number of rotatable bonds is 22. The molecule has 1 aromatic carbocycles. The van der Waals surface area contributed by atoms with Gasteiger partial charge in [-0.15, -0.1) is 0 Å². The Kier molecular flexibility index (Phi) is 27.8. The van der Waals surface area contributed by atoms with Crippen molar-refractivity contribution < 1.29 is 18.7 Å². The monoisotopic (exact) mass is 914 g/mol. The number of amides is 1. The van der Waals surface area contributed by atoms with E-state index in [0.29, 0.717) is 22.9 Å². The molecular formula is C59H96FN3O3. The van der Waals surface area contributed by atoms with Gasteiger partial charge in [0.05, 0.1) is 23.4 Å². The third kappa shape index (κ3) is 18.0. The van der Waals surface area contributed by atoms with Gasteiger partial charge in [-0.05, 0) is 130 Å². The maximum Gasteiger partial charge on any atom is 0.237 e. The van der Waals surface area contributed by atoms with Crippen molar-refractivity contribution in [2.24, 2.45) is 28.2 Å². The van der Waals surface area contributed by atoms with Gasteiger partial charge in [-0.2, -0.15) is 0 Å². The van der Waals surface area contributed by atoms with Crippen LogP contribution in [0.5, 0.6) is 0 Å². The predicted molar refractivity (Wildman–Crippen MR) is 286 cm³/mol. The van der Waals surface area contributed by atoms with Gasteiger partial charge in [0.1, 0.15) is 11.9 Å². The van der Waals surface area contributed by atoms with E-state index in [9.17, 15) is 14.0 Å². The number of fused-ring (bicyclic) bond motifs is 1. The number of benzene rings is 1. The molecule has 2 fully saturated rings. The second-order valence-electron chi connectivity index (χ2n) is 20.2. The lowest BCUT2D eigenvalue weighted by molar-refractivity contribution is -0.146. The van der Waals surface area contributed by atoms with Gasteiger partial charge in [-0.25, -0.2) is 4.39 Å². The topological polar surface area (TPSA) is 71.0 Å². The van der Waals surface area contributed by atoms with E-state index in [1.54, 1.807) is 12.2 Å². The molecule has 0 bridgehead atoms. The Bertz CT molecular complexity index is 1820. The Morgan fingerprint density at radius 1 is 1.02 bits per heavy atom. The van der Waals surface area contributed by atoms with Gasteiger partial charge in [-0.3, -0.25) is 14.6 Å². The van der Waals surface area contributed by atoms with Crippen LogP contribution in [0.25, 0.3) is 5.57 Å². The highest BCUT2D eigenvalue weighted by atomic mass is 19.1. The fraction of sp³-hybridized carbons (Fsp3) is 0.644. The molecule has 4 rings (SSSR count). The summed E-state index contributed by atoms with van der Waals surface area (Å²) in [6.45, 7) is 42.8. The summed E-state index contributed by atoms with van der Waals surface area (Å²) >= 11 is 0. The van der Waals surface area contributed by atoms with Crippen LogP contribution in [0, 0.1) is 23.2 Å². The van der Waals surface area contributed by atoms with E-state index in [1.807, 2.05) is 53.8 Å². The van der Waals surface area contributed by atoms with Crippen LogP contribution in [0.4, 0.5) is 10.1 Å². The second kappa shape index (κ2) is 30.5. The lowest BCUT2D eigenvalue weighted by Crippen LogP contribution is -2.50. The summed E-state index contributed by atoms with van der Waals surface area (Å²) < 4.78 is 19.5. The summed E-state index contributed by atoms with van der Waals surface area (Å²) in [5, 5.41) is 3.19. The maximum absolute atomic E-state index is 14.4. The molecule has 66 heavy (non-hydrogen) atoms. The van der Waals surface area contributed by atoms with Gasteiger partial charge in [0, 0.05) is 36.0 Å². The fourth-order valence-electron chi connectivity index (χ4n) is 8.63. The number of nitrogens with one attached hydrogen (secondary N) is 1. The Hall–Kier alpha value is -3.84. The molecule has 372 valence electrons. The fourth-order valence-corrected chi connectivity index (χ4v) is 8.63. The number of ether oxygens (including phenoxy) is 1. The van der Waals surface area contributed by atoms with Crippen LogP contribution in [0.15, 0.2) is 89.1 Å². The van der Waals surface area contributed by atoms with Crippen LogP contribution in [-0.2, 0) is 19.7 Å². The number of hydrogen-bond donors (Lipinski definition) is 1. The normalized spacial score (nSPS) is 20.0. The van der Waals surface area contributed by atoms with Crippen molar-refractivity contribution >= 4 is 29.2 Å². The van der Waals surface area contributed by atoms with Gasteiger partial charge in [0.2, 0.25) is 5.91 Å². The van der Waals surface area contributed by atoms with Crippen molar-refractivity contribution in [3.05, 3.63) is 95.3 Å².